The van der Waals surface area contributed by atoms with Gasteiger partial charge in [-0.1, -0.05) is 13.8 Å². The number of carbonyl (C=O) groups is 2. The molecule has 0 spiro atoms. The smallest absolute Gasteiger partial charge is 0.303 e. The highest BCUT2D eigenvalue weighted by Crippen LogP contribution is 2.34. The number of carbonyl (C=O) groups excluding carboxylic acids is 2. The van der Waals surface area contributed by atoms with E-state index in [0.29, 0.717) is 11.7 Å². The van der Waals surface area contributed by atoms with E-state index in [1.54, 1.807) is 11.8 Å². The molecule has 0 bridgehead atoms. The predicted molar refractivity (Wildman–Crippen MR) is 88.2 cm³/mol. The van der Waals surface area contributed by atoms with Gasteiger partial charge in [-0.3, -0.25) is 9.59 Å². The molecule has 1 aliphatic rings. The Kier molecular flexibility index (Phi) is 8.36. The number of rotatable bonds is 7. The molecule has 1 saturated heterocycles. The monoisotopic (exact) mass is 348 g/mol. The summed E-state index contributed by atoms with van der Waals surface area (Å²) in [5, 5.41) is 0.440. The lowest BCUT2D eigenvalue weighted by atomic mass is 10.1. The maximum atomic E-state index is 11.4. The van der Waals surface area contributed by atoms with Crippen molar-refractivity contribution in [2.75, 3.05) is 6.61 Å². The van der Waals surface area contributed by atoms with Crippen molar-refractivity contribution in [1.29, 1.82) is 0 Å². The highest BCUT2D eigenvalue weighted by molar-refractivity contribution is 8.00. The first-order valence-electron chi connectivity index (χ1n) is 7.96. The van der Waals surface area contributed by atoms with Crippen LogP contribution in [0.25, 0.3) is 0 Å². The van der Waals surface area contributed by atoms with E-state index in [1.165, 1.54) is 13.8 Å². The molecule has 0 aromatic rings. The van der Waals surface area contributed by atoms with Crippen LogP contribution in [0.3, 0.4) is 0 Å². The van der Waals surface area contributed by atoms with Gasteiger partial charge in [0.25, 0.3) is 0 Å². The summed E-state index contributed by atoms with van der Waals surface area (Å²) in [5.74, 6) is -0.701. The molecule has 6 nitrogen and oxygen atoms in total. The number of ether oxygens (including phenoxy) is 4. The van der Waals surface area contributed by atoms with Crippen LogP contribution in [0.2, 0.25) is 0 Å². The minimum absolute atomic E-state index is 0.0608. The molecule has 0 radical (unpaired) electrons. The summed E-state index contributed by atoms with van der Waals surface area (Å²) in [6, 6.07) is 0. The topological polar surface area (TPSA) is 71.1 Å². The van der Waals surface area contributed by atoms with Gasteiger partial charge in [-0.25, -0.2) is 0 Å². The first-order chi connectivity index (χ1) is 10.7. The summed E-state index contributed by atoms with van der Waals surface area (Å²) < 4.78 is 22.2. The van der Waals surface area contributed by atoms with E-state index in [0.717, 1.165) is 0 Å². The van der Waals surface area contributed by atoms with Crippen LogP contribution in [-0.4, -0.2) is 53.6 Å². The molecule has 23 heavy (non-hydrogen) atoms. The number of hydrogen-bond donors (Lipinski definition) is 0. The second-order valence-corrected chi connectivity index (χ2v) is 7.96. The fourth-order valence-corrected chi connectivity index (χ4v) is 3.70. The second kappa shape index (κ2) is 9.49. The van der Waals surface area contributed by atoms with Gasteiger partial charge in [0.15, 0.2) is 12.4 Å². The largest absolute Gasteiger partial charge is 0.463 e. The summed E-state index contributed by atoms with van der Waals surface area (Å²) >= 11 is 1.72. The number of hydrogen-bond acceptors (Lipinski definition) is 7. The van der Waals surface area contributed by atoms with E-state index < -0.39 is 12.4 Å². The Labute approximate surface area is 142 Å². The van der Waals surface area contributed by atoms with Crippen molar-refractivity contribution in [2.45, 2.75) is 83.1 Å². The molecule has 0 N–H and O–H groups in total. The summed E-state index contributed by atoms with van der Waals surface area (Å²) in [6.45, 7) is 10.9. The van der Waals surface area contributed by atoms with Crippen LogP contribution < -0.4 is 0 Å². The third kappa shape index (κ3) is 7.54. The van der Waals surface area contributed by atoms with Gasteiger partial charge < -0.3 is 18.9 Å². The van der Waals surface area contributed by atoms with Crippen molar-refractivity contribution in [3.63, 3.8) is 0 Å². The van der Waals surface area contributed by atoms with Gasteiger partial charge in [0, 0.05) is 25.5 Å². The quantitative estimate of drug-likeness (QED) is 0.655. The first kappa shape index (κ1) is 20.3. The fraction of sp³-hybridized carbons (Fsp3) is 0.875. The molecule has 0 unspecified atom stereocenters. The van der Waals surface area contributed by atoms with E-state index in [-0.39, 0.29) is 36.0 Å². The molecule has 0 amide bonds. The Hall–Kier alpha value is -0.790. The van der Waals surface area contributed by atoms with E-state index in [4.69, 9.17) is 18.9 Å². The lowest BCUT2D eigenvalue weighted by molar-refractivity contribution is -0.261. The molecule has 1 heterocycles. The SMILES string of the molecule is CC(=O)OC[C@H]1O[C@H](OC(C)C)[C@@H](OC(C)=O)C[C@H]1SC(C)C. The summed E-state index contributed by atoms with van der Waals surface area (Å²) in [5.41, 5.74) is 0. The third-order valence-electron chi connectivity index (χ3n) is 3.11. The molecule has 7 heteroatoms. The van der Waals surface area contributed by atoms with Gasteiger partial charge >= 0.3 is 11.9 Å². The molecule has 4 atom stereocenters. The lowest BCUT2D eigenvalue weighted by Crippen LogP contribution is -2.51. The number of esters is 2. The van der Waals surface area contributed by atoms with E-state index in [9.17, 15) is 9.59 Å². The zero-order chi connectivity index (χ0) is 17.6. The molecule has 0 aromatic carbocycles. The Morgan fingerprint density at radius 3 is 2.30 bits per heavy atom. The minimum atomic E-state index is -0.650. The molecule has 0 aliphatic carbocycles. The van der Waals surface area contributed by atoms with E-state index in [1.807, 2.05) is 13.8 Å². The van der Waals surface area contributed by atoms with E-state index in [2.05, 4.69) is 13.8 Å². The fourth-order valence-electron chi connectivity index (χ4n) is 2.38. The summed E-state index contributed by atoms with van der Waals surface area (Å²) in [7, 11) is 0. The molecular weight excluding hydrogens is 320 g/mol. The molecule has 0 saturated carbocycles. The Balaban J connectivity index is 2.85. The van der Waals surface area contributed by atoms with E-state index >= 15 is 0 Å². The van der Waals surface area contributed by atoms with Crippen molar-refractivity contribution in [2.24, 2.45) is 0 Å². The van der Waals surface area contributed by atoms with Crippen LogP contribution in [0, 0.1) is 0 Å². The Morgan fingerprint density at radius 2 is 1.83 bits per heavy atom. The Bertz CT molecular complexity index is 398. The van der Waals surface area contributed by atoms with Crippen molar-refractivity contribution < 1.29 is 28.5 Å². The van der Waals surface area contributed by atoms with Crippen LogP contribution in [0.15, 0.2) is 0 Å². The molecule has 1 rings (SSSR count). The van der Waals surface area contributed by atoms with Gasteiger partial charge in [0.05, 0.1) is 6.10 Å². The zero-order valence-electron chi connectivity index (χ0n) is 14.7. The van der Waals surface area contributed by atoms with Crippen LogP contribution in [0.1, 0.15) is 48.0 Å². The van der Waals surface area contributed by atoms with Crippen LogP contribution >= 0.6 is 11.8 Å². The van der Waals surface area contributed by atoms with Crippen molar-refractivity contribution in [3.8, 4) is 0 Å². The van der Waals surface area contributed by atoms with Gasteiger partial charge in [-0.2, -0.15) is 11.8 Å². The molecular formula is C16H28O6S. The second-order valence-electron chi connectivity index (χ2n) is 6.14. The highest BCUT2D eigenvalue weighted by atomic mass is 32.2. The van der Waals surface area contributed by atoms with Crippen molar-refractivity contribution in [3.05, 3.63) is 0 Å². The van der Waals surface area contributed by atoms with Crippen LogP contribution in [0.4, 0.5) is 0 Å². The van der Waals surface area contributed by atoms with Gasteiger partial charge in [-0.05, 0) is 19.1 Å². The predicted octanol–water partition coefficient (Wildman–Crippen LogP) is 2.53. The van der Waals surface area contributed by atoms with Gasteiger partial charge in [0.2, 0.25) is 0 Å². The van der Waals surface area contributed by atoms with Crippen molar-refractivity contribution in [1.82, 2.24) is 0 Å². The third-order valence-corrected chi connectivity index (χ3v) is 4.50. The molecule has 1 fully saturated rings. The maximum absolute atomic E-state index is 11.4. The normalized spacial score (nSPS) is 28.0. The standard InChI is InChI=1S/C16H28O6S/c1-9(2)20-16-13(21-12(6)18)7-15(23-10(3)4)14(22-16)8-19-11(5)17/h9-10,13-16H,7-8H2,1-6H3/t13-,14+,15+,16-/m0/s1. The summed E-state index contributed by atoms with van der Waals surface area (Å²) in [6.07, 6.45) is -0.863. The first-order valence-corrected chi connectivity index (χ1v) is 8.90. The maximum Gasteiger partial charge on any atom is 0.303 e. The molecule has 134 valence electrons. The van der Waals surface area contributed by atoms with Gasteiger partial charge in [0.1, 0.15) is 12.7 Å². The Morgan fingerprint density at radius 1 is 1.17 bits per heavy atom. The van der Waals surface area contributed by atoms with Gasteiger partial charge in [-0.15, -0.1) is 0 Å². The average molecular weight is 348 g/mol. The number of thioether (sulfide) groups is 1. The highest BCUT2D eigenvalue weighted by Gasteiger charge is 2.42. The minimum Gasteiger partial charge on any atom is -0.463 e. The van der Waals surface area contributed by atoms with Crippen LogP contribution in [-0.2, 0) is 28.5 Å². The molecule has 0 aromatic heterocycles. The van der Waals surface area contributed by atoms with Crippen molar-refractivity contribution >= 4 is 23.7 Å². The van der Waals surface area contributed by atoms with Crippen LogP contribution in [0.5, 0.6) is 0 Å². The zero-order valence-corrected chi connectivity index (χ0v) is 15.6. The summed E-state index contributed by atoms with van der Waals surface area (Å²) in [4.78, 5) is 22.5. The average Bonchev–Trinajstić information content (AvgIpc) is 2.38. The molecule has 1 aliphatic heterocycles. The lowest BCUT2D eigenvalue weighted by Gasteiger charge is -2.41.